The van der Waals surface area contributed by atoms with E-state index in [-0.39, 0.29) is 18.0 Å². The molecule has 88 valence electrons. The summed E-state index contributed by atoms with van der Waals surface area (Å²) in [6, 6.07) is 6.60. The molecule has 3 heteroatoms. The molecule has 2 nitrogen and oxygen atoms in total. The normalized spacial score (nSPS) is 23.0. The Labute approximate surface area is 95.6 Å². The van der Waals surface area contributed by atoms with Gasteiger partial charge < -0.3 is 10.5 Å². The second kappa shape index (κ2) is 5.41. The van der Waals surface area contributed by atoms with Gasteiger partial charge >= 0.3 is 0 Å². The molecule has 1 aliphatic heterocycles. The molecule has 2 N–H and O–H groups in total. The van der Waals surface area contributed by atoms with E-state index in [1.165, 1.54) is 12.5 Å². The van der Waals surface area contributed by atoms with Gasteiger partial charge in [0.25, 0.3) is 0 Å². The zero-order valence-corrected chi connectivity index (χ0v) is 9.36. The highest BCUT2D eigenvalue weighted by atomic mass is 19.1. The van der Waals surface area contributed by atoms with Crippen LogP contribution in [-0.4, -0.2) is 18.8 Å². The molecule has 1 fully saturated rings. The summed E-state index contributed by atoms with van der Waals surface area (Å²) in [6.07, 6.45) is 4.15. The van der Waals surface area contributed by atoms with Crippen molar-refractivity contribution in [2.75, 3.05) is 6.61 Å². The van der Waals surface area contributed by atoms with E-state index >= 15 is 0 Å². The number of rotatable bonds is 3. The lowest BCUT2D eigenvalue weighted by Crippen LogP contribution is -2.40. The summed E-state index contributed by atoms with van der Waals surface area (Å²) in [7, 11) is 0. The Morgan fingerprint density at radius 3 is 3.00 bits per heavy atom. The van der Waals surface area contributed by atoms with Crippen LogP contribution in [0.15, 0.2) is 24.3 Å². The van der Waals surface area contributed by atoms with E-state index in [1.54, 1.807) is 12.1 Å². The fourth-order valence-corrected chi connectivity index (χ4v) is 2.17. The summed E-state index contributed by atoms with van der Waals surface area (Å²) in [5, 5.41) is 0. The third-order valence-electron chi connectivity index (χ3n) is 3.05. The van der Waals surface area contributed by atoms with E-state index < -0.39 is 0 Å². The first kappa shape index (κ1) is 11.6. The molecule has 16 heavy (non-hydrogen) atoms. The van der Waals surface area contributed by atoms with Crippen LogP contribution in [0.4, 0.5) is 4.39 Å². The summed E-state index contributed by atoms with van der Waals surface area (Å²) < 4.78 is 18.6. The fraction of sp³-hybridized carbons (Fsp3) is 0.538. The molecule has 0 aromatic heterocycles. The van der Waals surface area contributed by atoms with Gasteiger partial charge in [0, 0.05) is 12.6 Å². The van der Waals surface area contributed by atoms with Gasteiger partial charge in [0.2, 0.25) is 0 Å². The van der Waals surface area contributed by atoms with E-state index in [0.29, 0.717) is 6.42 Å². The van der Waals surface area contributed by atoms with Crippen LogP contribution in [0.25, 0.3) is 0 Å². The molecule has 2 unspecified atom stereocenters. The van der Waals surface area contributed by atoms with Gasteiger partial charge in [-0.3, -0.25) is 0 Å². The topological polar surface area (TPSA) is 35.2 Å². The van der Waals surface area contributed by atoms with E-state index in [9.17, 15) is 4.39 Å². The van der Waals surface area contributed by atoms with Crippen LogP contribution in [0.1, 0.15) is 24.8 Å². The SMILES string of the molecule is NC(Cc1cccc(F)c1)C1CCCCO1. The summed E-state index contributed by atoms with van der Waals surface area (Å²) >= 11 is 0. The van der Waals surface area contributed by atoms with Gasteiger partial charge in [0.1, 0.15) is 5.82 Å². The van der Waals surface area contributed by atoms with Crippen molar-refractivity contribution in [3.05, 3.63) is 35.6 Å². The van der Waals surface area contributed by atoms with Gasteiger partial charge in [-0.05, 0) is 43.4 Å². The molecule has 1 aliphatic rings. The molecule has 1 saturated heterocycles. The van der Waals surface area contributed by atoms with Gasteiger partial charge in [-0.25, -0.2) is 4.39 Å². The maximum absolute atomic E-state index is 13.0. The van der Waals surface area contributed by atoms with Crippen molar-refractivity contribution >= 4 is 0 Å². The standard InChI is InChI=1S/C13H18FNO/c14-11-5-3-4-10(8-11)9-12(15)13-6-1-2-7-16-13/h3-5,8,12-13H,1-2,6-7,9,15H2. The fourth-order valence-electron chi connectivity index (χ4n) is 2.17. The molecule has 1 aromatic carbocycles. The lowest BCUT2D eigenvalue weighted by atomic mass is 9.97. The maximum Gasteiger partial charge on any atom is 0.123 e. The summed E-state index contributed by atoms with van der Waals surface area (Å²) in [5.41, 5.74) is 7.03. The van der Waals surface area contributed by atoms with E-state index in [4.69, 9.17) is 10.5 Å². The highest BCUT2D eigenvalue weighted by Crippen LogP contribution is 2.17. The predicted octanol–water partition coefficient (Wildman–Crippen LogP) is 2.26. The molecule has 2 atom stereocenters. The van der Waals surface area contributed by atoms with Crippen LogP contribution < -0.4 is 5.73 Å². The number of halogens is 1. The first-order chi connectivity index (χ1) is 7.75. The second-order valence-corrected chi connectivity index (χ2v) is 4.40. The Morgan fingerprint density at radius 2 is 2.31 bits per heavy atom. The van der Waals surface area contributed by atoms with Crippen molar-refractivity contribution < 1.29 is 9.13 Å². The number of nitrogens with two attached hydrogens (primary N) is 1. The van der Waals surface area contributed by atoms with Crippen molar-refractivity contribution in [1.82, 2.24) is 0 Å². The Hall–Kier alpha value is -0.930. The molecule has 0 bridgehead atoms. The van der Waals surface area contributed by atoms with Crippen molar-refractivity contribution in [1.29, 1.82) is 0 Å². The van der Waals surface area contributed by atoms with Crippen LogP contribution >= 0.6 is 0 Å². The number of hydrogen-bond acceptors (Lipinski definition) is 2. The Balaban J connectivity index is 1.93. The van der Waals surface area contributed by atoms with Crippen LogP contribution in [0.5, 0.6) is 0 Å². The van der Waals surface area contributed by atoms with Crippen molar-refractivity contribution in [2.45, 2.75) is 37.8 Å². The second-order valence-electron chi connectivity index (χ2n) is 4.40. The van der Waals surface area contributed by atoms with Gasteiger partial charge in [-0.15, -0.1) is 0 Å². The molecule has 0 amide bonds. The highest BCUT2D eigenvalue weighted by Gasteiger charge is 2.21. The highest BCUT2D eigenvalue weighted by molar-refractivity contribution is 5.17. The first-order valence-electron chi connectivity index (χ1n) is 5.87. The average Bonchev–Trinajstić information content (AvgIpc) is 2.30. The maximum atomic E-state index is 13.0. The first-order valence-corrected chi connectivity index (χ1v) is 5.87. The molecule has 1 aromatic rings. The van der Waals surface area contributed by atoms with Crippen LogP contribution in [0.2, 0.25) is 0 Å². The minimum absolute atomic E-state index is 0.0258. The summed E-state index contributed by atoms with van der Waals surface area (Å²) in [6.45, 7) is 0.807. The van der Waals surface area contributed by atoms with E-state index in [1.807, 2.05) is 6.07 Å². The summed E-state index contributed by atoms with van der Waals surface area (Å²) in [5.74, 6) is -0.200. The predicted molar refractivity (Wildman–Crippen MR) is 61.7 cm³/mol. The molecule has 0 spiro atoms. The molecule has 1 heterocycles. The third kappa shape index (κ3) is 3.03. The average molecular weight is 223 g/mol. The number of ether oxygens (including phenoxy) is 1. The molecular formula is C13H18FNO. The lowest BCUT2D eigenvalue weighted by molar-refractivity contribution is 0.000624. The lowest BCUT2D eigenvalue weighted by Gasteiger charge is -2.28. The smallest absolute Gasteiger partial charge is 0.123 e. The number of benzene rings is 1. The van der Waals surface area contributed by atoms with Crippen LogP contribution in [0, 0.1) is 5.82 Å². The monoisotopic (exact) mass is 223 g/mol. The molecule has 0 radical (unpaired) electrons. The minimum Gasteiger partial charge on any atom is -0.377 e. The van der Waals surface area contributed by atoms with Gasteiger partial charge in [0.05, 0.1) is 6.10 Å². The zero-order valence-electron chi connectivity index (χ0n) is 9.36. The minimum atomic E-state index is -0.200. The van der Waals surface area contributed by atoms with E-state index in [2.05, 4.69) is 0 Å². The van der Waals surface area contributed by atoms with Crippen molar-refractivity contribution in [3.8, 4) is 0 Å². The number of hydrogen-bond donors (Lipinski definition) is 1. The van der Waals surface area contributed by atoms with Gasteiger partial charge in [-0.2, -0.15) is 0 Å². The molecule has 0 saturated carbocycles. The summed E-state index contributed by atoms with van der Waals surface area (Å²) in [4.78, 5) is 0. The van der Waals surface area contributed by atoms with Crippen molar-refractivity contribution in [2.24, 2.45) is 5.73 Å². The Morgan fingerprint density at radius 1 is 1.44 bits per heavy atom. The van der Waals surface area contributed by atoms with Gasteiger partial charge in [-0.1, -0.05) is 12.1 Å². The Bertz CT molecular complexity index is 336. The van der Waals surface area contributed by atoms with Crippen LogP contribution in [-0.2, 0) is 11.2 Å². The molecule has 2 rings (SSSR count). The molecule has 0 aliphatic carbocycles. The van der Waals surface area contributed by atoms with Crippen LogP contribution in [0.3, 0.4) is 0 Å². The van der Waals surface area contributed by atoms with Gasteiger partial charge in [0.15, 0.2) is 0 Å². The van der Waals surface area contributed by atoms with Crippen molar-refractivity contribution in [3.63, 3.8) is 0 Å². The third-order valence-corrected chi connectivity index (χ3v) is 3.05. The van der Waals surface area contributed by atoms with E-state index in [0.717, 1.165) is 25.0 Å². The Kier molecular flexibility index (Phi) is 3.91. The quantitative estimate of drug-likeness (QED) is 0.853. The largest absolute Gasteiger partial charge is 0.377 e. The zero-order chi connectivity index (χ0) is 11.4. The molecular weight excluding hydrogens is 205 g/mol.